The summed E-state index contributed by atoms with van der Waals surface area (Å²) in [5, 5.41) is 0. The van der Waals surface area contributed by atoms with Gasteiger partial charge in [0.05, 0.1) is 5.69 Å². The van der Waals surface area contributed by atoms with Crippen molar-refractivity contribution in [2.75, 3.05) is 4.84 Å². The van der Waals surface area contributed by atoms with Gasteiger partial charge in [0.15, 0.2) is 0 Å². The Bertz CT molecular complexity index is 187. The molecule has 0 atom stereocenters. The molecule has 0 bridgehead atoms. The highest BCUT2D eigenvalue weighted by Gasteiger charge is 1.94. The summed E-state index contributed by atoms with van der Waals surface area (Å²) < 4.78 is 0. The molecule has 0 saturated heterocycles. The molecule has 0 aliphatic rings. The Kier molecular flexibility index (Phi) is 2.57. The molecule has 0 radical (unpaired) electrons. The normalized spacial score (nSPS) is 9.40. The van der Waals surface area contributed by atoms with Crippen LogP contribution in [-0.2, 0) is 6.42 Å². The first-order chi connectivity index (χ1) is 4.88. The number of rotatable bonds is 2. The average molecular weight is 156 g/mol. The zero-order valence-corrected chi connectivity index (χ0v) is 6.65. The van der Waals surface area contributed by atoms with E-state index < -0.39 is 0 Å². The number of benzene rings is 1. The standard InChI is InChI=1S/C8H10ClN/c1-2-7-5-3-4-6-8(7)10-9/h3-6,10H,2H2,1H3. The summed E-state index contributed by atoms with van der Waals surface area (Å²) in [4.78, 5) is 2.62. The van der Waals surface area contributed by atoms with Crippen LogP contribution < -0.4 is 4.84 Å². The van der Waals surface area contributed by atoms with Gasteiger partial charge in [-0.1, -0.05) is 25.1 Å². The van der Waals surface area contributed by atoms with Crippen LogP contribution in [0.4, 0.5) is 5.69 Å². The first-order valence-corrected chi connectivity index (χ1v) is 3.70. The molecule has 1 rings (SSSR count). The third-order valence-electron chi connectivity index (χ3n) is 1.50. The van der Waals surface area contributed by atoms with Gasteiger partial charge < -0.3 is 0 Å². The minimum Gasteiger partial charge on any atom is -0.298 e. The van der Waals surface area contributed by atoms with Gasteiger partial charge in [-0.25, -0.2) is 0 Å². The SMILES string of the molecule is CCc1ccccc1NCl. The van der Waals surface area contributed by atoms with Crippen molar-refractivity contribution in [2.24, 2.45) is 0 Å². The van der Waals surface area contributed by atoms with Gasteiger partial charge in [-0.05, 0) is 18.1 Å². The molecule has 2 heteroatoms. The van der Waals surface area contributed by atoms with Gasteiger partial charge in [0.25, 0.3) is 0 Å². The van der Waals surface area contributed by atoms with Crippen LogP contribution in [0.15, 0.2) is 24.3 Å². The van der Waals surface area contributed by atoms with E-state index in [0.29, 0.717) is 0 Å². The maximum Gasteiger partial charge on any atom is 0.0523 e. The Morgan fingerprint density at radius 2 is 2.10 bits per heavy atom. The Labute approximate surface area is 66.1 Å². The topological polar surface area (TPSA) is 12.0 Å². The maximum atomic E-state index is 5.46. The molecule has 0 aliphatic heterocycles. The van der Waals surface area contributed by atoms with Crippen molar-refractivity contribution < 1.29 is 0 Å². The van der Waals surface area contributed by atoms with Crippen LogP contribution in [0.2, 0.25) is 0 Å². The summed E-state index contributed by atoms with van der Waals surface area (Å²) in [6.07, 6.45) is 1.01. The Hall–Kier alpha value is -0.690. The summed E-state index contributed by atoms with van der Waals surface area (Å²) in [5.41, 5.74) is 2.25. The molecule has 1 nitrogen and oxygen atoms in total. The largest absolute Gasteiger partial charge is 0.298 e. The summed E-state index contributed by atoms with van der Waals surface area (Å²) >= 11 is 5.46. The molecule has 0 amide bonds. The van der Waals surface area contributed by atoms with Crippen LogP contribution >= 0.6 is 11.8 Å². The van der Waals surface area contributed by atoms with Crippen molar-refractivity contribution in [3.05, 3.63) is 29.8 Å². The van der Waals surface area contributed by atoms with Crippen LogP contribution in [0, 0.1) is 0 Å². The summed E-state index contributed by atoms with van der Waals surface area (Å²) in [5.74, 6) is 0. The third kappa shape index (κ3) is 1.42. The molecule has 0 heterocycles. The molecule has 0 fully saturated rings. The Morgan fingerprint density at radius 3 is 2.60 bits per heavy atom. The van der Waals surface area contributed by atoms with Gasteiger partial charge >= 0.3 is 0 Å². The summed E-state index contributed by atoms with van der Waals surface area (Å²) in [6.45, 7) is 2.10. The molecular formula is C8H10ClN. The second-order valence-electron chi connectivity index (χ2n) is 2.11. The van der Waals surface area contributed by atoms with E-state index in [9.17, 15) is 0 Å². The molecule has 0 unspecified atom stereocenters. The number of aryl methyl sites for hydroxylation is 1. The van der Waals surface area contributed by atoms with Crippen molar-refractivity contribution in [2.45, 2.75) is 13.3 Å². The van der Waals surface area contributed by atoms with E-state index in [1.807, 2.05) is 18.2 Å². The zero-order chi connectivity index (χ0) is 7.40. The van der Waals surface area contributed by atoms with Crippen LogP contribution in [0.3, 0.4) is 0 Å². The highest BCUT2D eigenvalue weighted by molar-refractivity contribution is 6.24. The number of halogens is 1. The molecule has 1 aromatic carbocycles. The molecule has 1 N–H and O–H groups in total. The molecular weight excluding hydrogens is 146 g/mol. The van der Waals surface area contributed by atoms with Crippen molar-refractivity contribution >= 4 is 17.5 Å². The fourth-order valence-corrected chi connectivity index (χ4v) is 1.11. The third-order valence-corrected chi connectivity index (χ3v) is 1.70. The molecule has 0 spiro atoms. The van der Waals surface area contributed by atoms with Crippen molar-refractivity contribution in [3.63, 3.8) is 0 Å². The van der Waals surface area contributed by atoms with Crippen molar-refractivity contribution in [1.29, 1.82) is 0 Å². The molecule has 10 heavy (non-hydrogen) atoms. The van der Waals surface area contributed by atoms with Crippen LogP contribution in [0.5, 0.6) is 0 Å². The molecule has 0 aromatic heterocycles. The van der Waals surface area contributed by atoms with E-state index in [1.165, 1.54) is 5.56 Å². The summed E-state index contributed by atoms with van der Waals surface area (Å²) in [7, 11) is 0. The van der Waals surface area contributed by atoms with Crippen molar-refractivity contribution in [1.82, 2.24) is 0 Å². The average Bonchev–Trinajstić information content (AvgIpc) is 2.04. The number of nitrogens with one attached hydrogen (secondary N) is 1. The molecule has 1 aromatic rings. The number of anilines is 1. The van der Waals surface area contributed by atoms with Gasteiger partial charge in [-0.3, -0.25) is 4.84 Å². The maximum absolute atomic E-state index is 5.46. The van der Waals surface area contributed by atoms with E-state index in [0.717, 1.165) is 12.1 Å². The Balaban J connectivity index is 2.96. The quantitative estimate of drug-likeness (QED) is 0.648. The van der Waals surface area contributed by atoms with E-state index in [4.69, 9.17) is 11.8 Å². The second kappa shape index (κ2) is 3.47. The van der Waals surface area contributed by atoms with Crippen LogP contribution in [0.25, 0.3) is 0 Å². The second-order valence-corrected chi connectivity index (χ2v) is 2.29. The minimum absolute atomic E-state index is 1.01. The number of hydrogen-bond donors (Lipinski definition) is 1. The smallest absolute Gasteiger partial charge is 0.0523 e. The minimum atomic E-state index is 1.01. The fourth-order valence-electron chi connectivity index (χ4n) is 0.921. The van der Waals surface area contributed by atoms with Gasteiger partial charge in [-0.2, -0.15) is 0 Å². The van der Waals surface area contributed by atoms with Crippen molar-refractivity contribution in [3.8, 4) is 0 Å². The predicted molar refractivity (Wildman–Crippen MR) is 45.3 cm³/mol. The van der Waals surface area contributed by atoms with Gasteiger partial charge in [-0.15, -0.1) is 0 Å². The first kappa shape index (κ1) is 7.42. The lowest BCUT2D eigenvalue weighted by Crippen LogP contribution is -1.87. The monoisotopic (exact) mass is 155 g/mol. The van der Waals surface area contributed by atoms with E-state index >= 15 is 0 Å². The lowest BCUT2D eigenvalue weighted by atomic mass is 10.1. The van der Waals surface area contributed by atoms with E-state index in [2.05, 4.69) is 17.8 Å². The van der Waals surface area contributed by atoms with Gasteiger partial charge in [0.1, 0.15) is 0 Å². The molecule has 54 valence electrons. The highest BCUT2D eigenvalue weighted by atomic mass is 35.5. The lowest BCUT2D eigenvalue weighted by Gasteiger charge is -2.02. The number of para-hydroxylation sites is 1. The molecule has 0 saturated carbocycles. The Morgan fingerprint density at radius 1 is 1.40 bits per heavy atom. The van der Waals surface area contributed by atoms with Crippen LogP contribution in [-0.4, -0.2) is 0 Å². The zero-order valence-electron chi connectivity index (χ0n) is 5.89. The van der Waals surface area contributed by atoms with Gasteiger partial charge in [0.2, 0.25) is 0 Å². The van der Waals surface area contributed by atoms with E-state index in [1.54, 1.807) is 0 Å². The van der Waals surface area contributed by atoms with Gasteiger partial charge in [0, 0.05) is 11.8 Å². The fraction of sp³-hybridized carbons (Fsp3) is 0.250. The van der Waals surface area contributed by atoms with Crippen LogP contribution in [0.1, 0.15) is 12.5 Å². The number of hydrogen-bond acceptors (Lipinski definition) is 1. The highest BCUT2D eigenvalue weighted by Crippen LogP contribution is 2.15. The predicted octanol–water partition coefficient (Wildman–Crippen LogP) is 2.81. The molecule has 0 aliphatic carbocycles. The summed E-state index contributed by atoms with van der Waals surface area (Å²) in [6, 6.07) is 8.00. The first-order valence-electron chi connectivity index (χ1n) is 3.33. The lowest BCUT2D eigenvalue weighted by molar-refractivity contribution is 1.14. The van der Waals surface area contributed by atoms with E-state index in [-0.39, 0.29) is 0 Å².